The van der Waals surface area contributed by atoms with Crippen LogP contribution < -0.4 is 15.8 Å². The van der Waals surface area contributed by atoms with Gasteiger partial charge < -0.3 is 16.2 Å². The highest BCUT2D eigenvalue weighted by Gasteiger charge is 2.27. The normalized spacial score (nSPS) is 12.3. The summed E-state index contributed by atoms with van der Waals surface area (Å²) in [5, 5.41) is 21.0. The minimum atomic E-state index is -4.11. The Balaban J connectivity index is 1.79. The third kappa shape index (κ3) is 5.35. The molecule has 3 aromatic carbocycles. The van der Waals surface area contributed by atoms with E-state index in [0.717, 1.165) is 5.39 Å². The van der Waals surface area contributed by atoms with Gasteiger partial charge in [-0.05, 0) is 23.4 Å². The molecule has 6 N–H and O–H groups in total. The van der Waals surface area contributed by atoms with Crippen molar-refractivity contribution in [2.45, 2.75) is 17.4 Å². The van der Waals surface area contributed by atoms with Crippen molar-refractivity contribution in [2.75, 3.05) is 6.54 Å². The lowest BCUT2D eigenvalue weighted by atomic mass is 10.0. The summed E-state index contributed by atoms with van der Waals surface area (Å²) in [5.41, 5.74) is 6.15. The largest absolute Gasteiger partial charge is 0.480 e. The zero-order valence-electron chi connectivity index (χ0n) is 16.9. The maximum Gasteiger partial charge on any atom is 0.322 e. The number of carbonyl (C=O) groups is 2. The van der Waals surface area contributed by atoms with Gasteiger partial charge in [0, 0.05) is 10.9 Å². The number of amidine groups is 1. The molecule has 0 unspecified atom stereocenters. The van der Waals surface area contributed by atoms with Crippen molar-refractivity contribution in [3.05, 3.63) is 77.9 Å². The quantitative estimate of drug-likeness (QED) is 0.254. The van der Waals surface area contributed by atoms with Gasteiger partial charge in [0.15, 0.2) is 0 Å². The monoisotopic (exact) mass is 454 g/mol. The first-order chi connectivity index (χ1) is 15.2. The molecule has 166 valence electrons. The van der Waals surface area contributed by atoms with Crippen molar-refractivity contribution in [3.63, 3.8) is 0 Å². The summed E-state index contributed by atoms with van der Waals surface area (Å²) in [6.07, 6.45) is -0.109. The van der Waals surface area contributed by atoms with Crippen LogP contribution in [-0.2, 0) is 26.0 Å². The molecule has 9 nitrogen and oxygen atoms in total. The Morgan fingerprint density at radius 3 is 2.31 bits per heavy atom. The number of carbonyl (C=O) groups excluding carboxylic acids is 1. The zero-order valence-corrected chi connectivity index (χ0v) is 17.7. The topological polar surface area (TPSA) is 162 Å². The van der Waals surface area contributed by atoms with Crippen LogP contribution in [0.5, 0.6) is 0 Å². The lowest BCUT2D eigenvalue weighted by molar-refractivity contribution is -0.138. The second-order valence-corrected chi connectivity index (χ2v) is 8.70. The van der Waals surface area contributed by atoms with Crippen LogP contribution in [-0.4, -0.2) is 43.8 Å². The molecule has 0 spiro atoms. The van der Waals surface area contributed by atoms with Gasteiger partial charge >= 0.3 is 5.97 Å². The number of hydrogen-bond acceptors (Lipinski definition) is 6. The van der Waals surface area contributed by atoms with Crippen LogP contribution in [0, 0.1) is 5.41 Å². The van der Waals surface area contributed by atoms with Crippen molar-refractivity contribution in [1.82, 2.24) is 10.0 Å². The maximum absolute atomic E-state index is 13.0. The summed E-state index contributed by atoms with van der Waals surface area (Å²) < 4.78 is 28.2. The molecule has 0 aliphatic heterocycles. The van der Waals surface area contributed by atoms with Crippen LogP contribution in [0.15, 0.2) is 71.6 Å². The summed E-state index contributed by atoms with van der Waals surface area (Å²) >= 11 is 0. The van der Waals surface area contributed by atoms with Crippen LogP contribution in [0.25, 0.3) is 10.8 Å². The number of nitrogens with one attached hydrogen (secondary N) is 3. The van der Waals surface area contributed by atoms with Gasteiger partial charge in [0.1, 0.15) is 11.9 Å². The molecule has 0 aromatic heterocycles. The van der Waals surface area contributed by atoms with Gasteiger partial charge in [-0.3, -0.25) is 15.0 Å². The number of nitrogens with two attached hydrogens (primary N) is 1. The van der Waals surface area contributed by atoms with E-state index in [9.17, 15) is 23.1 Å². The molecule has 32 heavy (non-hydrogen) atoms. The molecule has 1 amide bonds. The van der Waals surface area contributed by atoms with Crippen LogP contribution in [0.3, 0.4) is 0 Å². The molecule has 0 radical (unpaired) electrons. The first-order valence-corrected chi connectivity index (χ1v) is 11.1. The summed E-state index contributed by atoms with van der Waals surface area (Å²) in [5.74, 6) is -1.97. The molecule has 10 heteroatoms. The van der Waals surface area contributed by atoms with E-state index in [0.29, 0.717) is 16.5 Å². The van der Waals surface area contributed by atoms with E-state index in [2.05, 4.69) is 10.0 Å². The fourth-order valence-electron chi connectivity index (χ4n) is 3.17. The van der Waals surface area contributed by atoms with E-state index in [4.69, 9.17) is 11.1 Å². The number of sulfonamides is 1. The highest BCUT2D eigenvalue weighted by Crippen LogP contribution is 2.23. The van der Waals surface area contributed by atoms with E-state index >= 15 is 0 Å². The lowest BCUT2D eigenvalue weighted by Gasteiger charge is -2.16. The molecule has 0 bridgehead atoms. The van der Waals surface area contributed by atoms with Crippen molar-refractivity contribution in [3.8, 4) is 0 Å². The van der Waals surface area contributed by atoms with E-state index in [1.165, 1.54) is 18.2 Å². The van der Waals surface area contributed by atoms with Crippen LogP contribution in [0.2, 0.25) is 0 Å². The minimum absolute atomic E-state index is 0.00120. The molecule has 3 rings (SSSR count). The van der Waals surface area contributed by atoms with Gasteiger partial charge in [-0.15, -0.1) is 0 Å². The Morgan fingerprint density at radius 1 is 1.00 bits per heavy atom. The standard InChI is InChI=1S/C22H22N4O5S/c23-13-20(27)25-21(24)16-10-8-14(9-11-16)12-18(22(28)29)26-32(30,31)19-7-3-5-15-4-1-2-6-17(15)19/h1-11,18,26H,12-13,23H2,(H,28,29)(H2,24,25,27)/t18-/m0/s1. The summed E-state index contributed by atoms with van der Waals surface area (Å²) in [7, 11) is -4.11. The highest BCUT2D eigenvalue weighted by molar-refractivity contribution is 7.89. The predicted octanol–water partition coefficient (Wildman–Crippen LogP) is 1.21. The molecule has 3 aromatic rings. The third-order valence-electron chi connectivity index (χ3n) is 4.77. The van der Waals surface area contributed by atoms with Gasteiger partial charge in [0.2, 0.25) is 15.9 Å². The van der Waals surface area contributed by atoms with Crippen molar-refractivity contribution < 1.29 is 23.1 Å². The molecule has 0 heterocycles. The van der Waals surface area contributed by atoms with E-state index in [-0.39, 0.29) is 23.7 Å². The number of carboxylic acid groups (broad SMARTS) is 1. The van der Waals surface area contributed by atoms with Crippen molar-refractivity contribution >= 4 is 38.5 Å². The number of hydrogen-bond donors (Lipinski definition) is 5. The predicted molar refractivity (Wildman–Crippen MR) is 120 cm³/mol. The van der Waals surface area contributed by atoms with Crippen molar-refractivity contribution in [1.29, 1.82) is 5.41 Å². The molecule has 0 aliphatic carbocycles. The van der Waals surface area contributed by atoms with E-state index < -0.39 is 27.9 Å². The fraction of sp³-hybridized carbons (Fsp3) is 0.136. The smallest absolute Gasteiger partial charge is 0.322 e. The highest BCUT2D eigenvalue weighted by atomic mass is 32.2. The molecule has 0 aliphatic rings. The van der Waals surface area contributed by atoms with Crippen LogP contribution in [0.1, 0.15) is 11.1 Å². The number of rotatable bonds is 8. The van der Waals surface area contributed by atoms with Crippen LogP contribution >= 0.6 is 0 Å². The molecule has 0 fully saturated rings. The fourth-order valence-corrected chi connectivity index (χ4v) is 4.58. The van der Waals surface area contributed by atoms with Gasteiger partial charge in [-0.25, -0.2) is 8.42 Å². The van der Waals surface area contributed by atoms with E-state index in [1.54, 1.807) is 48.5 Å². The summed E-state index contributed by atoms with van der Waals surface area (Å²) in [6, 6.07) is 16.6. The molecular formula is C22H22N4O5S. The Labute approximate surface area is 184 Å². The maximum atomic E-state index is 13.0. The molecule has 0 saturated carbocycles. The first-order valence-electron chi connectivity index (χ1n) is 9.62. The van der Waals surface area contributed by atoms with Gasteiger partial charge in [-0.2, -0.15) is 4.72 Å². The Bertz CT molecular complexity index is 1270. The number of carboxylic acids is 1. The average molecular weight is 455 g/mol. The number of benzene rings is 3. The van der Waals surface area contributed by atoms with Gasteiger partial charge in [0.25, 0.3) is 0 Å². The second kappa shape index (κ2) is 9.69. The Hall–Kier alpha value is -3.60. The first kappa shape index (κ1) is 23.1. The van der Waals surface area contributed by atoms with Crippen molar-refractivity contribution in [2.24, 2.45) is 5.73 Å². The lowest BCUT2D eigenvalue weighted by Crippen LogP contribution is -2.42. The SMILES string of the molecule is N=C(NC(=O)CN)c1ccc(C[C@H](NS(=O)(=O)c2cccc3ccccc23)C(=O)O)cc1. The number of amides is 1. The van der Waals surface area contributed by atoms with Gasteiger partial charge in [-0.1, -0.05) is 60.7 Å². The average Bonchev–Trinajstić information content (AvgIpc) is 2.78. The van der Waals surface area contributed by atoms with E-state index in [1.807, 2.05) is 0 Å². The molecular weight excluding hydrogens is 432 g/mol. The van der Waals surface area contributed by atoms with Gasteiger partial charge in [0.05, 0.1) is 11.4 Å². The summed E-state index contributed by atoms with van der Waals surface area (Å²) in [6.45, 7) is -0.252. The summed E-state index contributed by atoms with van der Waals surface area (Å²) in [4.78, 5) is 23.1. The third-order valence-corrected chi connectivity index (χ3v) is 6.30. The Morgan fingerprint density at radius 2 is 1.66 bits per heavy atom. The molecule has 0 saturated heterocycles. The number of aliphatic carboxylic acids is 1. The Kier molecular flexibility index (Phi) is 6.98. The van der Waals surface area contributed by atoms with Crippen LogP contribution in [0.4, 0.5) is 0 Å². The number of fused-ring (bicyclic) bond motifs is 1. The zero-order chi connectivity index (χ0) is 23.3. The minimum Gasteiger partial charge on any atom is -0.480 e. The second-order valence-electron chi connectivity index (χ2n) is 7.02. The molecule has 1 atom stereocenters.